The molecule has 0 radical (unpaired) electrons. The highest BCUT2D eigenvalue weighted by Gasteiger charge is 2.40. The molecule has 2 aliphatic heterocycles. The van der Waals surface area contributed by atoms with Crippen LogP contribution < -0.4 is 19.7 Å². The fourth-order valence-corrected chi connectivity index (χ4v) is 4.50. The lowest BCUT2D eigenvalue weighted by molar-refractivity contribution is -0.120. The van der Waals surface area contributed by atoms with E-state index >= 15 is 0 Å². The number of carbonyl (C=O) groups excluding carboxylic acids is 2. The van der Waals surface area contributed by atoms with E-state index in [1.807, 2.05) is 62.4 Å². The number of anilines is 2. The second-order valence-electron chi connectivity index (χ2n) is 9.24. The van der Waals surface area contributed by atoms with Crippen molar-refractivity contribution in [2.45, 2.75) is 33.6 Å². The predicted molar refractivity (Wildman–Crippen MR) is 137 cm³/mol. The van der Waals surface area contributed by atoms with Gasteiger partial charge in [0.1, 0.15) is 18.9 Å². The van der Waals surface area contributed by atoms with Crippen LogP contribution in [-0.4, -0.2) is 25.0 Å². The Kier molecular flexibility index (Phi) is 5.81. The van der Waals surface area contributed by atoms with Crippen LogP contribution in [0.2, 0.25) is 0 Å². The summed E-state index contributed by atoms with van der Waals surface area (Å²) < 4.78 is 11.3. The van der Waals surface area contributed by atoms with Crippen molar-refractivity contribution >= 4 is 28.8 Å². The molecule has 6 nitrogen and oxygen atoms in total. The fourth-order valence-electron chi connectivity index (χ4n) is 4.50. The van der Waals surface area contributed by atoms with Crippen LogP contribution in [0.4, 0.5) is 11.4 Å². The Morgan fingerprint density at radius 1 is 0.829 bits per heavy atom. The van der Waals surface area contributed by atoms with Crippen LogP contribution in [0, 0.1) is 13.8 Å². The van der Waals surface area contributed by atoms with Crippen LogP contribution in [0.25, 0.3) is 5.57 Å². The summed E-state index contributed by atoms with van der Waals surface area (Å²) in [5.74, 6) is 0.876. The molecule has 0 fully saturated rings. The Labute approximate surface area is 205 Å². The Hall–Kier alpha value is -4.06. The van der Waals surface area contributed by atoms with Gasteiger partial charge in [-0.05, 0) is 60.7 Å². The van der Waals surface area contributed by atoms with Crippen LogP contribution in [0.3, 0.4) is 0 Å². The van der Waals surface area contributed by atoms with Gasteiger partial charge in [0.25, 0.3) is 11.8 Å². The summed E-state index contributed by atoms with van der Waals surface area (Å²) in [6.45, 7) is 9.13. The quantitative estimate of drug-likeness (QED) is 0.494. The lowest BCUT2D eigenvalue weighted by Crippen LogP contribution is -2.32. The van der Waals surface area contributed by atoms with Crippen molar-refractivity contribution < 1.29 is 19.1 Å². The number of nitrogens with zero attached hydrogens (tertiary/aromatic N) is 1. The standard InChI is InChI=1S/C29H28N2O4/c1-17(2)20-6-9-22(10-7-20)31-28(32)26(23-11-5-18(3)15-19(23)4)27(29(31)33)30-21-8-12-24-25(16-21)35-14-13-34-24/h5-12,15-17,30H,13-14H2,1-4H3. The average molecular weight is 469 g/mol. The van der Waals surface area contributed by atoms with E-state index in [9.17, 15) is 9.59 Å². The summed E-state index contributed by atoms with van der Waals surface area (Å²) in [6.07, 6.45) is 0. The molecule has 3 aromatic rings. The average Bonchev–Trinajstić information content (AvgIpc) is 3.08. The summed E-state index contributed by atoms with van der Waals surface area (Å²) in [7, 11) is 0. The van der Waals surface area contributed by atoms with E-state index < -0.39 is 5.91 Å². The molecule has 5 rings (SSSR count). The molecular weight excluding hydrogens is 440 g/mol. The third kappa shape index (κ3) is 4.16. The number of nitrogens with one attached hydrogen (secondary N) is 1. The molecule has 2 amide bonds. The van der Waals surface area contributed by atoms with Crippen molar-refractivity contribution in [3.05, 3.63) is 88.6 Å². The smallest absolute Gasteiger partial charge is 0.282 e. The molecule has 3 aromatic carbocycles. The maximum Gasteiger partial charge on any atom is 0.282 e. The highest BCUT2D eigenvalue weighted by molar-refractivity contribution is 6.46. The van der Waals surface area contributed by atoms with E-state index in [1.54, 1.807) is 12.1 Å². The van der Waals surface area contributed by atoms with Gasteiger partial charge in [-0.15, -0.1) is 0 Å². The van der Waals surface area contributed by atoms with Crippen molar-refractivity contribution in [1.29, 1.82) is 0 Å². The van der Waals surface area contributed by atoms with Crippen molar-refractivity contribution in [2.75, 3.05) is 23.4 Å². The van der Waals surface area contributed by atoms with Crippen LogP contribution in [0.15, 0.2) is 66.4 Å². The van der Waals surface area contributed by atoms with Gasteiger partial charge in [-0.25, -0.2) is 4.90 Å². The molecule has 2 heterocycles. The van der Waals surface area contributed by atoms with Crippen molar-refractivity contribution in [2.24, 2.45) is 0 Å². The second-order valence-corrected chi connectivity index (χ2v) is 9.24. The monoisotopic (exact) mass is 468 g/mol. The molecule has 0 aromatic heterocycles. The van der Waals surface area contributed by atoms with E-state index in [0.29, 0.717) is 47.6 Å². The van der Waals surface area contributed by atoms with E-state index in [1.165, 1.54) is 4.90 Å². The van der Waals surface area contributed by atoms with Crippen molar-refractivity contribution in [3.8, 4) is 11.5 Å². The molecule has 0 aliphatic carbocycles. The number of rotatable bonds is 5. The third-order valence-electron chi connectivity index (χ3n) is 6.36. The number of ether oxygens (including phenoxy) is 2. The van der Waals surface area contributed by atoms with E-state index in [0.717, 1.165) is 22.3 Å². The van der Waals surface area contributed by atoms with Gasteiger partial charge >= 0.3 is 0 Å². The molecule has 0 bridgehead atoms. The Morgan fingerprint density at radius 2 is 1.54 bits per heavy atom. The first-order chi connectivity index (χ1) is 16.8. The number of hydrogen-bond acceptors (Lipinski definition) is 5. The van der Waals surface area contributed by atoms with Crippen molar-refractivity contribution in [1.82, 2.24) is 0 Å². The normalized spacial score (nSPS) is 15.3. The number of hydrogen-bond donors (Lipinski definition) is 1. The molecule has 0 unspecified atom stereocenters. The lowest BCUT2D eigenvalue weighted by atomic mass is 9.97. The fraction of sp³-hybridized carbons (Fsp3) is 0.241. The molecule has 1 N–H and O–H groups in total. The first-order valence-electron chi connectivity index (χ1n) is 11.8. The van der Waals surface area contributed by atoms with Crippen LogP contribution >= 0.6 is 0 Å². The van der Waals surface area contributed by atoms with Gasteiger partial charge in [-0.2, -0.15) is 0 Å². The summed E-state index contributed by atoms with van der Waals surface area (Å²) in [5, 5.41) is 3.22. The lowest BCUT2D eigenvalue weighted by Gasteiger charge is -2.19. The van der Waals surface area contributed by atoms with Crippen LogP contribution in [-0.2, 0) is 9.59 Å². The third-order valence-corrected chi connectivity index (χ3v) is 6.36. The molecule has 2 aliphatic rings. The molecule has 0 spiro atoms. The van der Waals surface area contributed by atoms with Gasteiger partial charge in [0.05, 0.1) is 11.3 Å². The molecule has 6 heteroatoms. The second kappa shape index (κ2) is 8.95. The molecule has 35 heavy (non-hydrogen) atoms. The molecule has 0 saturated carbocycles. The number of imide groups is 1. The van der Waals surface area contributed by atoms with E-state index in [-0.39, 0.29) is 11.6 Å². The summed E-state index contributed by atoms with van der Waals surface area (Å²) in [5.41, 5.74) is 5.68. The topological polar surface area (TPSA) is 67.9 Å². The number of amides is 2. The summed E-state index contributed by atoms with van der Waals surface area (Å²) in [6, 6.07) is 18.9. The van der Waals surface area contributed by atoms with Gasteiger partial charge in [0.2, 0.25) is 0 Å². The minimum atomic E-state index is -0.392. The first kappa shape index (κ1) is 22.7. The number of aryl methyl sites for hydroxylation is 2. The van der Waals surface area contributed by atoms with Gasteiger partial charge < -0.3 is 14.8 Å². The molecule has 0 atom stereocenters. The SMILES string of the molecule is Cc1ccc(C2=C(Nc3ccc4c(c3)OCCO4)C(=O)N(c3ccc(C(C)C)cc3)C2=O)c(C)c1. The van der Waals surface area contributed by atoms with Crippen molar-refractivity contribution in [3.63, 3.8) is 0 Å². The number of benzene rings is 3. The molecule has 0 saturated heterocycles. The number of carbonyl (C=O) groups is 2. The highest BCUT2D eigenvalue weighted by Crippen LogP contribution is 2.38. The zero-order valence-corrected chi connectivity index (χ0v) is 20.3. The zero-order valence-electron chi connectivity index (χ0n) is 20.3. The highest BCUT2D eigenvalue weighted by atomic mass is 16.6. The van der Waals surface area contributed by atoms with Gasteiger partial charge in [0, 0.05) is 11.8 Å². The Balaban J connectivity index is 1.58. The Morgan fingerprint density at radius 3 is 2.23 bits per heavy atom. The van der Waals surface area contributed by atoms with E-state index in [2.05, 4.69) is 19.2 Å². The molecule has 178 valence electrons. The largest absolute Gasteiger partial charge is 0.486 e. The van der Waals surface area contributed by atoms with Crippen LogP contribution in [0.5, 0.6) is 11.5 Å². The maximum absolute atomic E-state index is 13.8. The predicted octanol–water partition coefficient (Wildman–Crippen LogP) is 5.59. The van der Waals surface area contributed by atoms with Crippen LogP contribution in [0.1, 0.15) is 42.0 Å². The van der Waals surface area contributed by atoms with E-state index in [4.69, 9.17) is 9.47 Å². The Bertz CT molecular complexity index is 1360. The zero-order chi connectivity index (χ0) is 24.7. The van der Waals surface area contributed by atoms with Gasteiger partial charge in [-0.3, -0.25) is 9.59 Å². The summed E-state index contributed by atoms with van der Waals surface area (Å²) >= 11 is 0. The molecular formula is C29H28N2O4. The van der Waals surface area contributed by atoms with Gasteiger partial charge in [-0.1, -0.05) is 49.7 Å². The number of fused-ring (bicyclic) bond motifs is 1. The van der Waals surface area contributed by atoms with Gasteiger partial charge in [0.15, 0.2) is 11.5 Å². The summed E-state index contributed by atoms with van der Waals surface area (Å²) in [4.78, 5) is 28.7. The first-order valence-corrected chi connectivity index (χ1v) is 11.8. The minimum absolute atomic E-state index is 0.242. The maximum atomic E-state index is 13.8. The minimum Gasteiger partial charge on any atom is -0.486 e.